The van der Waals surface area contributed by atoms with Crippen LogP contribution in [0.4, 0.5) is 4.39 Å². The second kappa shape index (κ2) is 5.76. The Bertz CT molecular complexity index is 606. The lowest BCUT2D eigenvalue weighted by molar-refractivity contribution is 0.529. The van der Waals surface area contributed by atoms with E-state index in [4.69, 9.17) is 0 Å². The molecule has 1 N–H and O–H groups in total. The van der Waals surface area contributed by atoms with Gasteiger partial charge in [0.1, 0.15) is 5.82 Å². The molecule has 1 unspecified atom stereocenters. The van der Waals surface area contributed by atoms with Gasteiger partial charge in [-0.05, 0) is 48.6 Å². The van der Waals surface area contributed by atoms with Crippen LogP contribution in [-0.4, -0.2) is 6.54 Å². The molecule has 0 heterocycles. The van der Waals surface area contributed by atoms with Gasteiger partial charge in [-0.3, -0.25) is 0 Å². The number of fused-ring (bicyclic) bond motifs is 1. The van der Waals surface area contributed by atoms with Crippen molar-refractivity contribution in [2.45, 2.75) is 32.2 Å². The molecule has 0 radical (unpaired) electrons. The largest absolute Gasteiger partial charge is 0.310 e. The van der Waals surface area contributed by atoms with E-state index in [9.17, 15) is 4.39 Å². The Hall–Kier alpha value is -1.67. The van der Waals surface area contributed by atoms with Gasteiger partial charge in [-0.2, -0.15) is 0 Å². The molecule has 0 saturated heterocycles. The Morgan fingerprint density at radius 3 is 2.85 bits per heavy atom. The van der Waals surface area contributed by atoms with Crippen LogP contribution in [0.5, 0.6) is 0 Å². The summed E-state index contributed by atoms with van der Waals surface area (Å²) in [6, 6.07) is 13.8. The highest BCUT2D eigenvalue weighted by atomic mass is 19.1. The summed E-state index contributed by atoms with van der Waals surface area (Å²) < 4.78 is 13.9. The van der Waals surface area contributed by atoms with E-state index in [0.29, 0.717) is 11.6 Å². The quantitative estimate of drug-likeness (QED) is 0.863. The zero-order valence-corrected chi connectivity index (χ0v) is 11.8. The zero-order valence-electron chi connectivity index (χ0n) is 11.8. The van der Waals surface area contributed by atoms with Crippen molar-refractivity contribution in [3.05, 3.63) is 59.4 Å². The molecule has 0 fully saturated rings. The van der Waals surface area contributed by atoms with Gasteiger partial charge < -0.3 is 5.32 Å². The van der Waals surface area contributed by atoms with E-state index in [0.717, 1.165) is 31.4 Å². The van der Waals surface area contributed by atoms with Gasteiger partial charge >= 0.3 is 0 Å². The van der Waals surface area contributed by atoms with E-state index < -0.39 is 0 Å². The SMILES string of the molecule is CCCNC1CCc2cc(-c3ccccc3F)ccc21. The second-order valence-corrected chi connectivity index (χ2v) is 5.44. The third-order valence-electron chi connectivity index (χ3n) is 4.05. The summed E-state index contributed by atoms with van der Waals surface area (Å²) in [5.74, 6) is -0.147. The lowest BCUT2D eigenvalue weighted by Crippen LogP contribution is -2.19. The number of aryl methyl sites for hydroxylation is 1. The van der Waals surface area contributed by atoms with E-state index in [2.05, 4.69) is 24.4 Å². The van der Waals surface area contributed by atoms with Gasteiger partial charge in [0.2, 0.25) is 0 Å². The first kappa shape index (κ1) is 13.3. The molecular weight excluding hydrogens is 249 g/mol. The van der Waals surface area contributed by atoms with Crippen LogP contribution < -0.4 is 5.32 Å². The summed E-state index contributed by atoms with van der Waals surface area (Å²) in [6.45, 7) is 3.24. The van der Waals surface area contributed by atoms with Crippen molar-refractivity contribution in [1.82, 2.24) is 5.32 Å². The minimum absolute atomic E-state index is 0.147. The Kier molecular flexibility index (Phi) is 3.83. The van der Waals surface area contributed by atoms with Crippen molar-refractivity contribution in [3.8, 4) is 11.1 Å². The van der Waals surface area contributed by atoms with Gasteiger partial charge in [0.25, 0.3) is 0 Å². The van der Waals surface area contributed by atoms with E-state index >= 15 is 0 Å². The highest BCUT2D eigenvalue weighted by Crippen LogP contribution is 2.34. The van der Waals surface area contributed by atoms with Gasteiger partial charge in [0.05, 0.1) is 0 Å². The molecule has 104 valence electrons. The van der Waals surface area contributed by atoms with Crippen LogP contribution in [0.1, 0.15) is 36.9 Å². The molecule has 1 aliphatic rings. The molecule has 2 heteroatoms. The van der Waals surface area contributed by atoms with Crippen LogP contribution in [0.15, 0.2) is 42.5 Å². The van der Waals surface area contributed by atoms with Crippen molar-refractivity contribution in [3.63, 3.8) is 0 Å². The van der Waals surface area contributed by atoms with E-state index in [1.54, 1.807) is 6.07 Å². The molecule has 0 aliphatic heterocycles. The number of hydrogen-bond donors (Lipinski definition) is 1. The van der Waals surface area contributed by atoms with Crippen LogP contribution in [0.25, 0.3) is 11.1 Å². The second-order valence-electron chi connectivity index (χ2n) is 5.44. The summed E-state index contributed by atoms with van der Waals surface area (Å²) in [4.78, 5) is 0. The maximum absolute atomic E-state index is 13.9. The molecule has 0 amide bonds. The predicted octanol–water partition coefficient (Wildman–Crippen LogP) is 4.48. The Morgan fingerprint density at radius 2 is 2.05 bits per heavy atom. The normalized spacial score (nSPS) is 17.2. The highest BCUT2D eigenvalue weighted by Gasteiger charge is 2.22. The third-order valence-corrected chi connectivity index (χ3v) is 4.05. The van der Waals surface area contributed by atoms with E-state index in [1.165, 1.54) is 17.2 Å². The molecule has 1 aliphatic carbocycles. The molecule has 0 bridgehead atoms. The number of benzene rings is 2. The van der Waals surface area contributed by atoms with Crippen molar-refractivity contribution in [1.29, 1.82) is 0 Å². The van der Waals surface area contributed by atoms with Crippen LogP contribution >= 0.6 is 0 Å². The Balaban J connectivity index is 1.90. The van der Waals surface area contributed by atoms with Gasteiger partial charge in [0.15, 0.2) is 0 Å². The topological polar surface area (TPSA) is 12.0 Å². The molecule has 20 heavy (non-hydrogen) atoms. The maximum Gasteiger partial charge on any atom is 0.131 e. The number of hydrogen-bond acceptors (Lipinski definition) is 1. The van der Waals surface area contributed by atoms with Gasteiger partial charge in [-0.15, -0.1) is 0 Å². The molecule has 1 nitrogen and oxygen atoms in total. The molecule has 0 spiro atoms. The minimum Gasteiger partial charge on any atom is -0.310 e. The molecule has 0 saturated carbocycles. The van der Waals surface area contributed by atoms with Crippen LogP contribution in [0.2, 0.25) is 0 Å². The molecule has 3 rings (SSSR count). The molecule has 2 aromatic rings. The summed E-state index contributed by atoms with van der Waals surface area (Å²) in [5.41, 5.74) is 4.43. The Morgan fingerprint density at radius 1 is 1.20 bits per heavy atom. The average Bonchev–Trinajstić information content (AvgIpc) is 2.88. The molecule has 2 aromatic carbocycles. The first-order chi connectivity index (χ1) is 9.79. The van der Waals surface area contributed by atoms with Crippen LogP contribution in [0, 0.1) is 5.82 Å². The lowest BCUT2D eigenvalue weighted by Gasteiger charge is -2.14. The average molecular weight is 269 g/mol. The van der Waals surface area contributed by atoms with Gasteiger partial charge in [-0.1, -0.05) is 43.3 Å². The van der Waals surface area contributed by atoms with E-state index in [1.807, 2.05) is 18.2 Å². The van der Waals surface area contributed by atoms with Gasteiger partial charge in [0, 0.05) is 11.6 Å². The first-order valence-corrected chi connectivity index (χ1v) is 7.40. The number of halogens is 1. The Labute approximate surface area is 119 Å². The van der Waals surface area contributed by atoms with Crippen LogP contribution in [0.3, 0.4) is 0 Å². The lowest BCUT2D eigenvalue weighted by atomic mass is 9.99. The number of rotatable bonds is 4. The fourth-order valence-corrected chi connectivity index (χ4v) is 3.01. The maximum atomic E-state index is 13.9. The summed E-state index contributed by atoms with van der Waals surface area (Å²) in [5, 5.41) is 3.58. The smallest absolute Gasteiger partial charge is 0.131 e. The fraction of sp³-hybridized carbons (Fsp3) is 0.333. The highest BCUT2D eigenvalue weighted by molar-refractivity contribution is 5.66. The van der Waals surface area contributed by atoms with Crippen LogP contribution in [-0.2, 0) is 6.42 Å². The van der Waals surface area contributed by atoms with Crippen molar-refractivity contribution < 1.29 is 4.39 Å². The van der Waals surface area contributed by atoms with Gasteiger partial charge in [-0.25, -0.2) is 4.39 Å². The third kappa shape index (κ3) is 2.48. The van der Waals surface area contributed by atoms with Crippen molar-refractivity contribution in [2.24, 2.45) is 0 Å². The summed E-state index contributed by atoms with van der Waals surface area (Å²) >= 11 is 0. The monoisotopic (exact) mass is 269 g/mol. The van der Waals surface area contributed by atoms with Crippen molar-refractivity contribution >= 4 is 0 Å². The van der Waals surface area contributed by atoms with E-state index in [-0.39, 0.29) is 5.82 Å². The standard InChI is InChI=1S/C18H20FN/c1-2-11-20-18-10-8-14-12-13(7-9-16(14)18)15-5-3-4-6-17(15)19/h3-7,9,12,18,20H,2,8,10-11H2,1H3. The predicted molar refractivity (Wildman–Crippen MR) is 81.2 cm³/mol. The molecular formula is C18H20FN. The first-order valence-electron chi connectivity index (χ1n) is 7.40. The fourth-order valence-electron chi connectivity index (χ4n) is 3.01. The zero-order chi connectivity index (χ0) is 13.9. The molecule has 1 atom stereocenters. The molecule has 0 aromatic heterocycles. The van der Waals surface area contributed by atoms with Crippen molar-refractivity contribution in [2.75, 3.05) is 6.54 Å². The number of nitrogens with one attached hydrogen (secondary N) is 1. The summed E-state index contributed by atoms with van der Waals surface area (Å²) in [6.07, 6.45) is 3.38. The minimum atomic E-state index is -0.147. The summed E-state index contributed by atoms with van der Waals surface area (Å²) in [7, 11) is 0.